The zero-order chi connectivity index (χ0) is 16.2. The summed E-state index contributed by atoms with van der Waals surface area (Å²) in [6, 6.07) is 12.0. The third kappa shape index (κ3) is 3.38. The van der Waals surface area contributed by atoms with Crippen LogP contribution in [0.3, 0.4) is 0 Å². The summed E-state index contributed by atoms with van der Waals surface area (Å²) < 4.78 is 6.32. The molecule has 0 N–H and O–H groups in total. The molecule has 118 valence electrons. The molecule has 1 fully saturated rings. The number of rotatable bonds is 5. The predicted molar refractivity (Wildman–Crippen MR) is 99.2 cm³/mol. The molecule has 1 saturated heterocycles. The van der Waals surface area contributed by atoms with E-state index >= 15 is 0 Å². The minimum atomic E-state index is -0.0903. The summed E-state index contributed by atoms with van der Waals surface area (Å²) in [5.41, 5.74) is 0.865. The smallest absolute Gasteiger partial charge is 0.259 e. The minimum Gasteiger partial charge on any atom is -0.493 e. The molecule has 0 atom stereocenters. The Morgan fingerprint density at radius 1 is 1.35 bits per heavy atom. The molecule has 0 aromatic heterocycles. The monoisotopic (exact) mass is 344 g/mol. The number of hydrogen-bond donors (Lipinski definition) is 0. The Morgan fingerprint density at radius 2 is 2.17 bits per heavy atom. The zero-order valence-electron chi connectivity index (χ0n) is 12.7. The molecule has 2 aromatic carbocycles. The van der Waals surface area contributed by atoms with Gasteiger partial charge in [-0.05, 0) is 23.3 Å². The number of hydrogen-bond acceptors (Lipinski definition) is 5. The van der Waals surface area contributed by atoms with Crippen LogP contribution in [0.2, 0.25) is 0 Å². The molecule has 1 heterocycles. The second-order valence-electron chi connectivity index (χ2n) is 5.05. The van der Waals surface area contributed by atoms with E-state index in [1.807, 2.05) is 36.4 Å². The molecule has 1 amide bonds. The van der Waals surface area contributed by atoms with E-state index in [4.69, 9.17) is 17.0 Å². The Hall–Kier alpha value is -1.92. The van der Waals surface area contributed by atoms with Gasteiger partial charge in [-0.2, -0.15) is 10.1 Å². The average Bonchev–Trinajstić information content (AvgIpc) is 2.89. The highest BCUT2D eigenvalue weighted by Crippen LogP contribution is 2.27. The number of benzene rings is 2. The van der Waals surface area contributed by atoms with Gasteiger partial charge in [-0.15, -0.1) is 0 Å². The fourth-order valence-corrected chi connectivity index (χ4v) is 3.29. The molecular weight excluding hydrogens is 328 g/mol. The van der Waals surface area contributed by atoms with Gasteiger partial charge in [0.2, 0.25) is 0 Å². The molecule has 0 unspecified atom stereocenters. The molecule has 6 heteroatoms. The number of carbonyl (C=O) groups is 1. The Labute approximate surface area is 144 Å². The molecule has 0 aliphatic carbocycles. The number of ether oxygens (including phenoxy) is 1. The normalized spacial score (nSPS) is 15.1. The molecule has 23 heavy (non-hydrogen) atoms. The molecule has 3 rings (SSSR count). The summed E-state index contributed by atoms with van der Waals surface area (Å²) in [4.78, 5) is 11.8. The van der Waals surface area contributed by atoms with Crippen molar-refractivity contribution in [3.05, 3.63) is 42.0 Å². The maximum Gasteiger partial charge on any atom is 0.259 e. The van der Waals surface area contributed by atoms with Crippen LogP contribution >= 0.6 is 24.0 Å². The van der Waals surface area contributed by atoms with E-state index in [9.17, 15) is 4.79 Å². The molecule has 0 radical (unpaired) electrons. The van der Waals surface area contributed by atoms with E-state index in [0.29, 0.717) is 16.7 Å². The third-order valence-corrected chi connectivity index (χ3v) is 4.76. The van der Waals surface area contributed by atoms with Crippen LogP contribution in [-0.4, -0.2) is 33.8 Å². The molecule has 1 aliphatic heterocycles. The fourth-order valence-electron chi connectivity index (χ4n) is 2.32. The molecule has 2 aromatic rings. The van der Waals surface area contributed by atoms with Gasteiger partial charge in [0.15, 0.2) is 4.32 Å². The summed E-state index contributed by atoms with van der Waals surface area (Å²) in [5.74, 6) is 1.03. The van der Waals surface area contributed by atoms with Crippen LogP contribution < -0.4 is 4.74 Å². The number of thiocarbonyl (C=S) groups is 1. The lowest BCUT2D eigenvalue weighted by atomic mass is 10.0. The first kappa shape index (κ1) is 16.0. The van der Waals surface area contributed by atoms with Crippen molar-refractivity contribution >= 4 is 51.2 Å². The Morgan fingerprint density at radius 3 is 2.91 bits per heavy atom. The third-order valence-electron chi connectivity index (χ3n) is 3.42. The molecule has 1 aliphatic rings. The van der Waals surface area contributed by atoms with Gasteiger partial charge < -0.3 is 4.74 Å². The van der Waals surface area contributed by atoms with Crippen molar-refractivity contribution in [2.75, 3.05) is 12.4 Å². The highest BCUT2D eigenvalue weighted by atomic mass is 32.2. The number of nitrogens with zero attached hydrogens (tertiary/aromatic N) is 2. The maximum atomic E-state index is 11.8. The average molecular weight is 344 g/mol. The number of carbonyl (C=O) groups excluding carboxylic acids is 1. The zero-order valence-corrected chi connectivity index (χ0v) is 14.3. The van der Waals surface area contributed by atoms with Crippen LogP contribution in [0, 0.1) is 0 Å². The Balaban J connectivity index is 2.02. The topological polar surface area (TPSA) is 41.9 Å². The first-order chi connectivity index (χ1) is 11.2. The van der Waals surface area contributed by atoms with Crippen molar-refractivity contribution in [3.63, 3.8) is 0 Å². The van der Waals surface area contributed by atoms with Crippen LogP contribution in [-0.2, 0) is 4.79 Å². The standard InChI is InChI=1S/C17H16N2O2S2/c1-2-9-21-15-8-7-12-5-3-4-6-13(12)14(15)10-18-19-16(20)11-23-17(19)22/h3-8,10H,2,9,11H2,1H3/b18-10-. The van der Waals surface area contributed by atoms with Crippen LogP contribution in [0.1, 0.15) is 18.9 Å². The molecule has 4 nitrogen and oxygen atoms in total. The van der Waals surface area contributed by atoms with Gasteiger partial charge in [0.1, 0.15) is 5.75 Å². The molecular formula is C17H16N2O2S2. The Kier molecular flexibility index (Phi) is 4.93. The number of fused-ring (bicyclic) bond motifs is 1. The van der Waals surface area contributed by atoms with Crippen molar-refractivity contribution in [2.45, 2.75) is 13.3 Å². The molecule has 0 saturated carbocycles. The van der Waals surface area contributed by atoms with E-state index in [0.717, 1.165) is 28.5 Å². The first-order valence-corrected chi connectivity index (χ1v) is 8.78. The first-order valence-electron chi connectivity index (χ1n) is 7.39. The van der Waals surface area contributed by atoms with E-state index in [2.05, 4.69) is 12.0 Å². The molecule has 0 spiro atoms. The van der Waals surface area contributed by atoms with Crippen LogP contribution in [0.25, 0.3) is 10.8 Å². The number of amides is 1. The highest BCUT2D eigenvalue weighted by Gasteiger charge is 2.26. The highest BCUT2D eigenvalue weighted by molar-refractivity contribution is 8.23. The lowest BCUT2D eigenvalue weighted by Gasteiger charge is -2.12. The second kappa shape index (κ2) is 7.10. The van der Waals surface area contributed by atoms with Gasteiger partial charge in [-0.3, -0.25) is 4.79 Å². The summed E-state index contributed by atoms with van der Waals surface area (Å²) in [5, 5.41) is 7.71. The van der Waals surface area contributed by atoms with Crippen molar-refractivity contribution in [1.29, 1.82) is 0 Å². The van der Waals surface area contributed by atoms with Gasteiger partial charge in [0.05, 0.1) is 18.6 Å². The number of thioether (sulfide) groups is 1. The van der Waals surface area contributed by atoms with Crippen molar-refractivity contribution in [2.24, 2.45) is 5.10 Å². The van der Waals surface area contributed by atoms with Crippen molar-refractivity contribution in [1.82, 2.24) is 5.01 Å². The van der Waals surface area contributed by atoms with Crippen molar-refractivity contribution < 1.29 is 9.53 Å². The number of hydrazone groups is 1. The summed E-state index contributed by atoms with van der Waals surface area (Å²) in [6.45, 7) is 2.70. The second-order valence-corrected chi connectivity index (χ2v) is 6.66. The van der Waals surface area contributed by atoms with Crippen LogP contribution in [0.15, 0.2) is 41.5 Å². The Bertz CT molecular complexity index is 773. The summed E-state index contributed by atoms with van der Waals surface area (Å²) >= 11 is 6.49. The fraction of sp³-hybridized carbons (Fsp3) is 0.235. The lowest BCUT2D eigenvalue weighted by molar-refractivity contribution is -0.123. The van der Waals surface area contributed by atoms with Gasteiger partial charge in [0.25, 0.3) is 5.91 Å². The van der Waals surface area contributed by atoms with E-state index in [1.165, 1.54) is 16.8 Å². The van der Waals surface area contributed by atoms with Gasteiger partial charge in [-0.25, -0.2) is 0 Å². The van der Waals surface area contributed by atoms with Gasteiger partial charge in [0, 0.05) is 5.56 Å². The van der Waals surface area contributed by atoms with E-state index in [-0.39, 0.29) is 5.91 Å². The quantitative estimate of drug-likeness (QED) is 0.611. The largest absolute Gasteiger partial charge is 0.493 e. The van der Waals surface area contributed by atoms with E-state index in [1.54, 1.807) is 6.21 Å². The van der Waals surface area contributed by atoms with Crippen LogP contribution in [0.4, 0.5) is 0 Å². The maximum absolute atomic E-state index is 11.8. The van der Waals surface area contributed by atoms with Crippen LogP contribution in [0.5, 0.6) is 5.75 Å². The minimum absolute atomic E-state index is 0.0903. The lowest BCUT2D eigenvalue weighted by Crippen LogP contribution is -2.22. The summed E-state index contributed by atoms with van der Waals surface area (Å²) in [6.07, 6.45) is 2.60. The summed E-state index contributed by atoms with van der Waals surface area (Å²) in [7, 11) is 0. The SMILES string of the molecule is CCCOc1ccc2ccccc2c1/C=N\N1C(=O)CSC1=S. The molecule has 0 bridgehead atoms. The van der Waals surface area contributed by atoms with Gasteiger partial charge >= 0.3 is 0 Å². The predicted octanol–water partition coefficient (Wildman–Crippen LogP) is 3.82. The van der Waals surface area contributed by atoms with Gasteiger partial charge in [-0.1, -0.05) is 61.2 Å². The van der Waals surface area contributed by atoms with E-state index < -0.39 is 0 Å². The van der Waals surface area contributed by atoms with Crippen molar-refractivity contribution in [3.8, 4) is 5.75 Å².